The van der Waals surface area contributed by atoms with E-state index in [0.717, 1.165) is 5.56 Å². The van der Waals surface area contributed by atoms with Gasteiger partial charge in [-0.3, -0.25) is 4.79 Å². The van der Waals surface area contributed by atoms with Crippen LogP contribution >= 0.6 is 11.6 Å². The average Bonchev–Trinajstić information content (AvgIpc) is 2.47. The molecule has 0 aliphatic carbocycles. The summed E-state index contributed by atoms with van der Waals surface area (Å²) in [5, 5.41) is 24.1. The Bertz CT molecular complexity index is 571. The third-order valence-corrected chi connectivity index (χ3v) is 3.46. The first-order chi connectivity index (χ1) is 11.6. The van der Waals surface area contributed by atoms with Crippen molar-refractivity contribution in [3.63, 3.8) is 0 Å². The van der Waals surface area contributed by atoms with Crippen LogP contribution in [0.15, 0.2) is 24.3 Å². The number of amides is 1. The molecule has 25 heavy (non-hydrogen) atoms. The van der Waals surface area contributed by atoms with Crippen LogP contribution in [0, 0.1) is 0 Å². The number of aliphatic hydroxyl groups is 1. The number of halogens is 1. The lowest BCUT2D eigenvalue weighted by Gasteiger charge is -2.25. The van der Waals surface area contributed by atoms with Crippen molar-refractivity contribution < 1.29 is 24.5 Å². The van der Waals surface area contributed by atoms with Crippen molar-refractivity contribution in [2.75, 3.05) is 13.2 Å². The predicted octanol–water partition coefficient (Wildman–Crippen LogP) is 1.81. The number of alkyl carbamates (subject to hydrolysis) is 1. The lowest BCUT2D eigenvalue weighted by atomic mass is 10.1. The van der Waals surface area contributed by atoms with E-state index >= 15 is 0 Å². The van der Waals surface area contributed by atoms with E-state index in [-0.39, 0.29) is 6.54 Å². The zero-order valence-corrected chi connectivity index (χ0v) is 15.3. The van der Waals surface area contributed by atoms with Gasteiger partial charge < -0.3 is 25.6 Å². The number of ether oxygens (including phenoxy) is 1. The Morgan fingerprint density at radius 1 is 1.24 bits per heavy atom. The van der Waals surface area contributed by atoms with Gasteiger partial charge in [0.25, 0.3) is 0 Å². The van der Waals surface area contributed by atoms with E-state index in [1.54, 1.807) is 32.9 Å². The molecule has 0 radical (unpaired) electrons. The molecule has 8 heteroatoms. The van der Waals surface area contributed by atoms with Gasteiger partial charge in [0, 0.05) is 17.6 Å². The highest BCUT2D eigenvalue weighted by atomic mass is 35.5. The number of benzene rings is 1. The molecule has 0 saturated heterocycles. The highest BCUT2D eigenvalue weighted by Crippen LogP contribution is 2.12. The van der Waals surface area contributed by atoms with Gasteiger partial charge in [0.1, 0.15) is 11.6 Å². The molecule has 4 N–H and O–H groups in total. The molecule has 0 aliphatic rings. The van der Waals surface area contributed by atoms with Crippen molar-refractivity contribution in [1.29, 1.82) is 0 Å². The van der Waals surface area contributed by atoms with Gasteiger partial charge in [0.2, 0.25) is 0 Å². The molecule has 0 fully saturated rings. The minimum Gasteiger partial charge on any atom is -0.480 e. The van der Waals surface area contributed by atoms with Gasteiger partial charge in [-0.25, -0.2) is 4.79 Å². The maximum Gasteiger partial charge on any atom is 0.407 e. The van der Waals surface area contributed by atoms with Gasteiger partial charge in [-0.15, -0.1) is 0 Å². The first-order valence-electron chi connectivity index (χ1n) is 7.91. The van der Waals surface area contributed by atoms with Crippen LogP contribution in [0.25, 0.3) is 0 Å². The van der Waals surface area contributed by atoms with Crippen molar-refractivity contribution in [1.82, 2.24) is 10.6 Å². The monoisotopic (exact) mass is 372 g/mol. The minimum atomic E-state index is -1.16. The molecular weight excluding hydrogens is 348 g/mol. The number of aliphatic carboxylic acids is 1. The van der Waals surface area contributed by atoms with E-state index in [9.17, 15) is 9.59 Å². The second-order valence-electron chi connectivity index (χ2n) is 6.66. The molecule has 0 aliphatic heterocycles. The lowest BCUT2D eigenvalue weighted by Crippen LogP contribution is -2.50. The second kappa shape index (κ2) is 9.60. The van der Waals surface area contributed by atoms with E-state index in [1.807, 2.05) is 12.1 Å². The molecule has 0 aromatic heterocycles. The van der Waals surface area contributed by atoms with Crippen LogP contribution in [0.5, 0.6) is 0 Å². The number of aliphatic hydroxyl groups excluding tert-OH is 1. The van der Waals surface area contributed by atoms with Crippen molar-refractivity contribution in [2.45, 2.75) is 44.9 Å². The van der Waals surface area contributed by atoms with Gasteiger partial charge in [-0.1, -0.05) is 23.7 Å². The van der Waals surface area contributed by atoms with Crippen LogP contribution in [0.4, 0.5) is 4.79 Å². The van der Waals surface area contributed by atoms with Gasteiger partial charge in [0.15, 0.2) is 0 Å². The van der Waals surface area contributed by atoms with Crippen LogP contribution in [0.3, 0.4) is 0 Å². The Kier molecular flexibility index (Phi) is 8.15. The number of carboxylic acid groups (broad SMARTS) is 1. The summed E-state index contributed by atoms with van der Waals surface area (Å²) in [6.07, 6.45) is -0.148. The molecule has 7 nitrogen and oxygen atoms in total. The highest BCUT2D eigenvalue weighted by Gasteiger charge is 2.22. The number of hydrogen-bond acceptors (Lipinski definition) is 5. The first kappa shape index (κ1) is 21.2. The summed E-state index contributed by atoms with van der Waals surface area (Å²) < 4.78 is 5.24. The normalized spacial score (nSPS) is 13.8. The predicted molar refractivity (Wildman–Crippen MR) is 94.8 cm³/mol. The Balaban J connectivity index is 2.76. The fourth-order valence-electron chi connectivity index (χ4n) is 2.07. The van der Waals surface area contributed by atoms with E-state index in [4.69, 9.17) is 26.6 Å². The number of rotatable bonds is 8. The Labute approximate surface area is 152 Å². The molecule has 1 amide bonds. The van der Waals surface area contributed by atoms with Gasteiger partial charge in [-0.05, 0) is 44.9 Å². The number of hydrogen-bond donors (Lipinski definition) is 4. The zero-order valence-electron chi connectivity index (χ0n) is 14.6. The Hall–Kier alpha value is -1.83. The minimum absolute atomic E-state index is 0.152. The third-order valence-electron chi connectivity index (χ3n) is 3.21. The van der Waals surface area contributed by atoms with Crippen LogP contribution in [0.1, 0.15) is 26.3 Å². The SMILES string of the molecule is CC(C)(C)OC(=O)NC(CNC(CO)C(=O)O)Cc1ccc(Cl)cc1. The maximum absolute atomic E-state index is 12.0. The first-order valence-corrected chi connectivity index (χ1v) is 8.29. The molecule has 0 bridgehead atoms. The van der Waals surface area contributed by atoms with Crippen LogP contribution < -0.4 is 10.6 Å². The number of carboxylic acids is 1. The van der Waals surface area contributed by atoms with Crippen molar-refractivity contribution >= 4 is 23.7 Å². The molecule has 1 aromatic carbocycles. The molecule has 0 spiro atoms. The molecule has 0 saturated carbocycles. The summed E-state index contributed by atoms with van der Waals surface area (Å²) in [7, 11) is 0. The zero-order chi connectivity index (χ0) is 19.0. The molecular formula is C17H25ClN2O5. The maximum atomic E-state index is 12.0. The lowest BCUT2D eigenvalue weighted by molar-refractivity contribution is -0.140. The van der Waals surface area contributed by atoms with E-state index in [0.29, 0.717) is 11.4 Å². The standard InChI is InChI=1S/C17H25ClN2O5/c1-17(2,3)25-16(24)20-13(9-19-14(10-21)15(22)23)8-11-4-6-12(18)7-5-11/h4-7,13-14,19,21H,8-10H2,1-3H3,(H,20,24)(H,22,23). The fraction of sp³-hybridized carbons (Fsp3) is 0.529. The molecule has 140 valence electrons. The molecule has 2 unspecified atom stereocenters. The molecule has 1 rings (SSSR count). The summed E-state index contributed by atoms with van der Waals surface area (Å²) >= 11 is 5.87. The topological polar surface area (TPSA) is 108 Å². The van der Waals surface area contributed by atoms with Crippen LogP contribution in [0.2, 0.25) is 5.02 Å². The van der Waals surface area contributed by atoms with E-state index in [2.05, 4.69) is 10.6 Å². The average molecular weight is 373 g/mol. The Morgan fingerprint density at radius 3 is 2.32 bits per heavy atom. The summed E-state index contributed by atoms with van der Waals surface area (Å²) in [5.41, 5.74) is 0.278. The van der Waals surface area contributed by atoms with Crippen LogP contribution in [-0.4, -0.2) is 53.1 Å². The Morgan fingerprint density at radius 2 is 1.84 bits per heavy atom. The fourth-order valence-corrected chi connectivity index (χ4v) is 2.19. The van der Waals surface area contributed by atoms with Crippen molar-refractivity contribution in [2.24, 2.45) is 0 Å². The van der Waals surface area contributed by atoms with Gasteiger partial charge >= 0.3 is 12.1 Å². The number of carbonyl (C=O) groups excluding carboxylic acids is 1. The highest BCUT2D eigenvalue weighted by molar-refractivity contribution is 6.30. The van der Waals surface area contributed by atoms with E-state index < -0.39 is 36.4 Å². The van der Waals surface area contributed by atoms with Crippen molar-refractivity contribution in [3.8, 4) is 0 Å². The summed E-state index contributed by atoms with van der Waals surface area (Å²) in [5.74, 6) is -1.16. The largest absolute Gasteiger partial charge is 0.480 e. The summed E-state index contributed by atoms with van der Waals surface area (Å²) in [6.45, 7) is 4.87. The smallest absolute Gasteiger partial charge is 0.407 e. The second-order valence-corrected chi connectivity index (χ2v) is 7.09. The number of nitrogens with one attached hydrogen (secondary N) is 2. The number of carbonyl (C=O) groups is 2. The van der Waals surface area contributed by atoms with Gasteiger partial charge in [-0.2, -0.15) is 0 Å². The molecule has 2 atom stereocenters. The van der Waals surface area contributed by atoms with E-state index in [1.165, 1.54) is 0 Å². The van der Waals surface area contributed by atoms with Gasteiger partial charge in [0.05, 0.1) is 6.61 Å². The van der Waals surface area contributed by atoms with Crippen molar-refractivity contribution in [3.05, 3.63) is 34.9 Å². The quantitative estimate of drug-likeness (QED) is 0.554. The van der Waals surface area contributed by atoms with Crippen LogP contribution in [-0.2, 0) is 16.0 Å². The summed E-state index contributed by atoms with van der Waals surface area (Å²) in [4.78, 5) is 23.0. The molecule has 0 heterocycles. The third kappa shape index (κ3) is 8.72. The molecule has 1 aromatic rings. The summed E-state index contributed by atoms with van der Waals surface area (Å²) in [6, 6.07) is 5.60.